The van der Waals surface area contributed by atoms with Gasteiger partial charge in [0.15, 0.2) is 0 Å². The molecule has 0 unspecified atom stereocenters. The van der Waals surface area contributed by atoms with Crippen LogP contribution in [0.4, 0.5) is 0 Å². The van der Waals surface area contributed by atoms with Crippen molar-refractivity contribution in [3.8, 4) is 0 Å². The minimum Gasteiger partial charge on any atom is -0.481 e. The number of carbonyl (C=O) groups is 2. The molecule has 64 valence electrons. The van der Waals surface area contributed by atoms with Crippen molar-refractivity contribution in [3.63, 3.8) is 0 Å². The van der Waals surface area contributed by atoms with Crippen LogP contribution < -0.4 is 0 Å². The van der Waals surface area contributed by atoms with Crippen LogP contribution >= 0.6 is 0 Å². The molecule has 0 aliphatic heterocycles. The normalized spacial score (nSPS) is 17.5. The minimum atomic E-state index is -2.44. The van der Waals surface area contributed by atoms with E-state index in [9.17, 15) is 9.59 Å². The average molecular weight is 164 g/mol. The Labute approximate surface area is 70.5 Å². The van der Waals surface area contributed by atoms with Crippen LogP contribution in [0, 0.1) is 0 Å². The maximum absolute atomic E-state index is 10.3. The van der Waals surface area contributed by atoms with Gasteiger partial charge < -0.3 is 10.2 Å². The third kappa shape index (κ3) is 8.94. The van der Waals surface area contributed by atoms with Crippen LogP contribution in [0.3, 0.4) is 0 Å². The third-order valence-electron chi connectivity index (χ3n) is 0.906. The van der Waals surface area contributed by atoms with E-state index in [2.05, 4.69) is 0 Å². The molecular formula is C7H12O4. The lowest BCUT2D eigenvalue weighted by Gasteiger charge is -1.94. The van der Waals surface area contributed by atoms with Gasteiger partial charge in [-0.15, -0.1) is 0 Å². The monoisotopic (exact) mass is 164 g/mol. The first-order valence-corrected chi connectivity index (χ1v) is 3.06. The highest BCUT2D eigenvalue weighted by atomic mass is 16.4. The van der Waals surface area contributed by atoms with E-state index in [1.54, 1.807) is 0 Å². The zero-order valence-corrected chi connectivity index (χ0v) is 5.83. The first-order chi connectivity index (χ1) is 6.59. The first kappa shape index (κ1) is 4.74. The summed E-state index contributed by atoms with van der Waals surface area (Å²) in [5, 5.41) is 16.8. The molecule has 0 aromatic carbocycles. The van der Waals surface area contributed by atoms with Crippen molar-refractivity contribution in [1.82, 2.24) is 0 Å². The molecule has 0 aliphatic carbocycles. The van der Waals surface area contributed by atoms with Crippen LogP contribution in [0.25, 0.3) is 0 Å². The Morgan fingerprint density at radius 3 is 1.64 bits per heavy atom. The maximum Gasteiger partial charge on any atom is 0.303 e. The fourth-order valence-corrected chi connectivity index (χ4v) is 0.479. The highest BCUT2D eigenvalue weighted by Crippen LogP contribution is 2.02. The molecule has 0 saturated carbocycles. The lowest BCUT2D eigenvalue weighted by Crippen LogP contribution is -1.96. The van der Waals surface area contributed by atoms with E-state index in [4.69, 9.17) is 15.7 Å². The highest BCUT2D eigenvalue weighted by Gasteiger charge is 1.98. The molecule has 0 amide bonds. The Morgan fingerprint density at radius 2 is 1.36 bits per heavy atom. The van der Waals surface area contributed by atoms with Gasteiger partial charge in [-0.1, -0.05) is 6.42 Å². The average Bonchev–Trinajstić information content (AvgIpc) is 2.02. The highest BCUT2D eigenvalue weighted by molar-refractivity contribution is 5.67. The molecular weight excluding hydrogens is 148 g/mol. The largest absolute Gasteiger partial charge is 0.481 e. The Bertz CT molecular complexity index is 238. The fourth-order valence-electron chi connectivity index (χ4n) is 0.479. The molecule has 0 aliphatic rings. The summed E-state index contributed by atoms with van der Waals surface area (Å²) in [6.07, 6.45) is -5.83. The summed E-state index contributed by atoms with van der Waals surface area (Å²) < 4.78 is 28.0. The Morgan fingerprint density at radius 1 is 1.00 bits per heavy atom. The maximum atomic E-state index is 10.3. The molecule has 0 bridgehead atoms. The van der Waals surface area contributed by atoms with E-state index in [1.165, 1.54) is 0 Å². The summed E-state index contributed by atoms with van der Waals surface area (Å²) in [7, 11) is 0. The van der Waals surface area contributed by atoms with Gasteiger partial charge in [-0.3, -0.25) is 9.59 Å². The summed E-state index contributed by atoms with van der Waals surface area (Å²) in [6, 6.07) is 0. The van der Waals surface area contributed by atoms with Gasteiger partial charge in [0.25, 0.3) is 0 Å². The van der Waals surface area contributed by atoms with Gasteiger partial charge in [0.2, 0.25) is 0 Å². The van der Waals surface area contributed by atoms with Crippen LogP contribution in [0.1, 0.15) is 37.5 Å². The van der Waals surface area contributed by atoms with E-state index < -0.39 is 37.5 Å². The molecule has 0 fully saturated rings. The van der Waals surface area contributed by atoms with Crippen molar-refractivity contribution in [2.24, 2.45) is 0 Å². The Balaban J connectivity index is 4.11. The molecule has 0 atom stereocenters. The first-order valence-electron chi connectivity index (χ1n) is 5.06. The molecule has 11 heavy (non-hydrogen) atoms. The van der Waals surface area contributed by atoms with E-state index in [-0.39, 0.29) is 6.42 Å². The second-order valence-corrected chi connectivity index (χ2v) is 1.82. The van der Waals surface area contributed by atoms with Crippen molar-refractivity contribution in [1.29, 1.82) is 0 Å². The second-order valence-electron chi connectivity index (χ2n) is 1.82. The molecule has 0 saturated heterocycles. The number of aliphatic carboxylic acids is 2. The topological polar surface area (TPSA) is 74.6 Å². The van der Waals surface area contributed by atoms with Crippen LogP contribution in [0.2, 0.25) is 0 Å². The Hall–Kier alpha value is -1.06. The number of rotatable bonds is 6. The van der Waals surface area contributed by atoms with Gasteiger partial charge in [-0.05, 0) is 12.8 Å². The fraction of sp³-hybridized carbons (Fsp3) is 0.714. The summed E-state index contributed by atoms with van der Waals surface area (Å²) >= 11 is 0. The summed E-state index contributed by atoms with van der Waals surface area (Å²) in [4.78, 5) is 20.7. The SMILES string of the molecule is [2H]C([2H])(CCCC([2H])([2H])C(=O)O)C(=O)O. The molecule has 0 spiro atoms. The van der Waals surface area contributed by atoms with Gasteiger partial charge >= 0.3 is 11.9 Å². The van der Waals surface area contributed by atoms with Gasteiger partial charge in [-0.2, -0.15) is 0 Å². The van der Waals surface area contributed by atoms with Crippen LogP contribution in [0.5, 0.6) is 0 Å². The van der Waals surface area contributed by atoms with Gasteiger partial charge in [0.1, 0.15) is 0 Å². The number of hydrogen-bond donors (Lipinski definition) is 2. The van der Waals surface area contributed by atoms with E-state index in [1.807, 2.05) is 0 Å². The van der Waals surface area contributed by atoms with Gasteiger partial charge in [0, 0.05) is 18.2 Å². The third-order valence-corrected chi connectivity index (χ3v) is 0.906. The van der Waals surface area contributed by atoms with Gasteiger partial charge in [0.05, 0.1) is 0 Å². The quantitative estimate of drug-likeness (QED) is 0.616. The second kappa shape index (κ2) is 5.70. The smallest absolute Gasteiger partial charge is 0.303 e. The summed E-state index contributed by atoms with van der Waals surface area (Å²) in [6.45, 7) is 0. The van der Waals surface area contributed by atoms with Crippen molar-refractivity contribution < 1.29 is 25.3 Å². The van der Waals surface area contributed by atoms with Crippen LogP contribution in [0.15, 0.2) is 0 Å². The predicted octanol–water partition coefficient (Wildman–Crippen LogP) is 1.11. The lowest BCUT2D eigenvalue weighted by molar-refractivity contribution is -0.137. The van der Waals surface area contributed by atoms with E-state index in [0.29, 0.717) is 0 Å². The van der Waals surface area contributed by atoms with E-state index in [0.717, 1.165) is 0 Å². The minimum absolute atomic E-state index is 0.140. The van der Waals surface area contributed by atoms with Crippen LogP contribution in [-0.2, 0) is 9.59 Å². The number of carboxylic acid groups (broad SMARTS) is 2. The molecule has 0 aromatic heterocycles. The van der Waals surface area contributed by atoms with Crippen LogP contribution in [-0.4, -0.2) is 22.2 Å². The van der Waals surface area contributed by atoms with E-state index >= 15 is 0 Å². The van der Waals surface area contributed by atoms with Crippen molar-refractivity contribution in [2.45, 2.75) is 32.0 Å². The zero-order valence-electron chi connectivity index (χ0n) is 9.83. The van der Waals surface area contributed by atoms with Crippen molar-refractivity contribution in [3.05, 3.63) is 0 Å². The molecule has 0 aromatic rings. The Kier molecular flexibility index (Phi) is 2.46. The molecule has 0 radical (unpaired) electrons. The molecule has 2 N–H and O–H groups in total. The number of hydrogen-bond acceptors (Lipinski definition) is 2. The number of carboxylic acids is 2. The molecule has 0 heterocycles. The standard InChI is InChI=1S/C7H12O4/c8-6(9)4-2-1-3-5-7(10)11/h1-5H2,(H,8,9)(H,10,11)/i4D2,5D2. The zero-order chi connectivity index (χ0) is 12.3. The summed E-state index contributed by atoms with van der Waals surface area (Å²) in [5.41, 5.74) is 0. The lowest BCUT2D eigenvalue weighted by atomic mass is 10.1. The van der Waals surface area contributed by atoms with Gasteiger partial charge in [-0.25, -0.2) is 0 Å². The summed E-state index contributed by atoms with van der Waals surface area (Å²) in [5.74, 6) is -3.25. The predicted molar refractivity (Wildman–Crippen MR) is 38.4 cm³/mol. The molecule has 4 nitrogen and oxygen atoms in total. The van der Waals surface area contributed by atoms with Crippen molar-refractivity contribution in [2.75, 3.05) is 0 Å². The van der Waals surface area contributed by atoms with Crippen molar-refractivity contribution >= 4 is 11.9 Å². The molecule has 4 heteroatoms. The molecule has 0 rings (SSSR count).